The number of aromatic amines is 1. The first-order valence-corrected chi connectivity index (χ1v) is 11.7. The van der Waals surface area contributed by atoms with Crippen molar-refractivity contribution in [3.8, 4) is 0 Å². The van der Waals surface area contributed by atoms with Crippen molar-refractivity contribution in [2.75, 3.05) is 30.3 Å². The van der Waals surface area contributed by atoms with Gasteiger partial charge >= 0.3 is 5.97 Å². The lowest BCUT2D eigenvalue weighted by Crippen LogP contribution is -2.22. The molecule has 10 heteroatoms. The van der Waals surface area contributed by atoms with Crippen molar-refractivity contribution < 1.29 is 18.7 Å². The molecule has 4 heterocycles. The minimum Gasteiger partial charge on any atom is -0.467 e. The number of H-pyrrole nitrogens is 1. The van der Waals surface area contributed by atoms with Crippen molar-refractivity contribution in [2.24, 2.45) is 0 Å². The predicted molar refractivity (Wildman–Crippen MR) is 121 cm³/mol. The molecule has 0 unspecified atom stereocenters. The van der Waals surface area contributed by atoms with Crippen LogP contribution in [0.15, 0.2) is 28.0 Å². The van der Waals surface area contributed by atoms with Crippen molar-refractivity contribution >= 4 is 29.5 Å². The Bertz CT molecular complexity index is 1100. The smallest absolute Gasteiger partial charge is 0.340 e. The number of ketones is 1. The number of esters is 1. The van der Waals surface area contributed by atoms with E-state index in [9.17, 15) is 9.59 Å². The third kappa shape index (κ3) is 4.45. The van der Waals surface area contributed by atoms with Crippen LogP contribution in [-0.4, -0.2) is 57.0 Å². The molecule has 1 saturated heterocycles. The highest BCUT2D eigenvalue weighted by molar-refractivity contribution is 7.99. The van der Waals surface area contributed by atoms with Gasteiger partial charge in [0, 0.05) is 18.8 Å². The molecule has 0 radical (unpaired) electrons. The minimum absolute atomic E-state index is 0.110. The molecule has 170 valence electrons. The normalized spacial score (nSPS) is 13.7. The van der Waals surface area contributed by atoms with Gasteiger partial charge in [0.1, 0.15) is 5.76 Å². The first-order valence-electron chi connectivity index (χ1n) is 10.7. The van der Waals surface area contributed by atoms with Gasteiger partial charge in [-0.15, -0.1) is 10.2 Å². The maximum absolute atomic E-state index is 13.0. The summed E-state index contributed by atoms with van der Waals surface area (Å²) < 4.78 is 12.6. The molecule has 9 nitrogen and oxygen atoms in total. The third-order valence-corrected chi connectivity index (χ3v) is 6.48. The van der Waals surface area contributed by atoms with Crippen LogP contribution in [0, 0.1) is 13.8 Å². The van der Waals surface area contributed by atoms with E-state index in [1.807, 2.05) is 16.7 Å². The Kier molecular flexibility index (Phi) is 6.69. The van der Waals surface area contributed by atoms with Crippen LogP contribution in [-0.2, 0) is 11.3 Å². The predicted octanol–water partition coefficient (Wildman–Crippen LogP) is 3.62. The summed E-state index contributed by atoms with van der Waals surface area (Å²) in [4.78, 5) is 30.5. The van der Waals surface area contributed by atoms with Crippen LogP contribution in [0.1, 0.15) is 57.6 Å². The number of thioether (sulfide) groups is 1. The molecule has 0 spiro atoms. The van der Waals surface area contributed by atoms with Gasteiger partial charge < -0.3 is 19.0 Å². The van der Waals surface area contributed by atoms with E-state index in [2.05, 4.69) is 20.1 Å². The number of nitrogens with zero attached hydrogens (tertiary/aromatic N) is 4. The molecule has 1 fully saturated rings. The van der Waals surface area contributed by atoms with Gasteiger partial charge in [0.15, 0.2) is 10.9 Å². The van der Waals surface area contributed by atoms with Crippen LogP contribution in [0.3, 0.4) is 0 Å². The van der Waals surface area contributed by atoms with Crippen molar-refractivity contribution in [3.63, 3.8) is 0 Å². The second kappa shape index (κ2) is 9.64. The maximum Gasteiger partial charge on any atom is 0.340 e. The number of furan rings is 1. The number of carbonyl (C=O) groups is 2. The topological polar surface area (TPSA) is 106 Å². The van der Waals surface area contributed by atoms with Crippen LogP contribution in [0.25, 0.3) is 0 Å². The number of nitrogens with one attached hydrogen (secondary N) is 1. The highest BCUT2D eigenvalue weighted by Gasteiger charge is 2.25. The van der Waals surface area contributed by atoms with E-state index in [4.69, 9.17) is 9.15 Å². The minimum atomic E-state index is -0.418. The van der Waals surface area contributed by atoms with Crippen LogP contribution in [0.4, 0.5) is 5.95 Å². The number of Topliss-reactive ketones (excluding diaryl/α,β-unsaturated/α-hetero) is 1. The first-order chi connectivity index (χ1) is 15.5. The Morgan fingerprint density at radius 2 is 2.03 bits per heavy atom. The van der Waals surface area contributed by atoms with Gasteiger partial charge in [-0.3, -0.25) is 9.36 Å². The second-order valence-electron chi connectivity index (χ2n) is 7.70. The number of carbonyl (C=O) groups excluding carboxylic acids is 2. The van der Waals surface area contributed by atoms with Crippen molar-refractivity contribution in [2.45, 2.75) is 45.3 Å². The van der Waals surface area contributed by atoms with Crippen molar-refractivity contribution in [3.05, 3.63) is 46.7 Å². The standard InChI is InChI=1S/C22H27N5O4S/c1-4-30-20(29)18-14(2)19(23-15(18)3)17(28)13-32-22-25-24-21(26-9-5-6-10-26)27(22)12-16-8-7-11-31-16/h7-8,11,23H,4-6,9-10,12-13H2,1-3H3. The summed E-state index contributed by atoms with van der Waals surface area (Å²) in [6.07, 6.45) is 3.90. The number of anilines is 1. The number of hydrogen-bond donors (Lipinski definition) is 1. The fourth-order valence-electron chi connectivity index (χ4n) is 3.98. The van der Waals surface area contributed by atoms with E-state index >= 15 is 0 Å². The molecule has 0 amide bonds. The molecule has 3 aromatic rings. The molecule has 1 N–H and O–H groups in total. The molecule has 0 bridgehead atoms. The van der Waals surface area contributed by atoms with Crippen LogP contribution < -0.4 is 4.90 Å². The molecular formula is C22H27N5O4S. The number of aromatic nitrogens is 4. The molecule has 0 aliphatic carbocycles. The SMILES string of the molecule is CCOC(=O)c1c(C)[nH]c(C(=O)CSc2nnc(N3CCCC3)n2Cc2ccco2)c1C. The highest BCUT2D eigenvalue weighted by atomic mass is 32.2. The second-order valence-corrected chi connectivity index (χ2v) is 8.64. The average Bonchev–Trinajstić information content (AvgIpc) is 3.55. The largest absolute Gasteiger partial charge is 0.467 e. The lowest BCUT2D eigenvalue weighted by molar-refractivity contribution is 0.0525. The van der Waals surface area contributed by atoms with Crippen LogP contribution in [0.2, 0.25) is 0 Å². The molecule has 32 heavy (non-hydrogen) atoms. The fourth-order valence-corrected chi connectivity index (χ4v) is 4.78. The molecule has 1 aliphatic rings. The Morgan fingerprint density at radius 3 is 2.72 bits per heavy atom. The summed E-state index contributed by atoms with van der Waals surface area (Å²) >= 11 is 1.33. The number of aryl methyl sites for hydroxylation is 1. The quantitative estimate of drug-likeness (QED) is 0.295. The van der Waals surface area contributed by atoms with Gasteiger partial charge in [-0.1, -0.05) is 11.8 Å². The Morgan fingerprint density at radius 1 is 1.25 bits per heavy atom. The Hall–Kier alpha value is -3.01. The zero-order valence-corrected chi connectivity index (χ0v) is 19.3. The van der Waals surface area contributed by atoms with Gasteiger partial charge in [0.2, 0.25) is 5.95 Å². The van der Waals surface area contributed by atoms with E-state index in [1.54, 1.807) is 27.0 Å². The molecule has 0 aromatic carbocycles. The molecular weight excluding hydrogens is 430 g/mol. The van der Waals surface area contributed by atoms with Gasteiger partial charge in [0.05, 0.1) is 36.4 Å². The molecule has 4 rings (SSSR count). The number of hydrogen-bond acceptors (Lipinski definition) is 8. The zero-order chi connectivity index (χ0) is 22.7. The summed E-state index contributed by atoms with van der Waals surface area (Å²) in [7, 11) is 0. The first kappa shape index (κ1) is 22.2. The zero-order valence-electron chi connectivity index (χ0n) is 18.5. The molecule has 3 aromatic heterocycles. The lowest BCUT2D eigenvalue weighted by Gasteiger charge is -2.17. The fraction of sp³-hybridized carbons (Fsp3) is 0.455. The number of ether oxygens (including phenoxy) is 1. The van der Waals surface area contributed by atoms with Gasteiger partial charge in [-0.2, -0.15) is 0 Å². The summed E-state index contributed by atoms with van der Waals surface area (Å²) in [5, 5.41) is 9.42. The maximum atomic E-state index is 13.0. The molecule has 1 aliphatic heterocycles. The highest BCUT2D eigenvalue weighted by Crippen LogP contribution is 2.27. The summed E-state index contributed by atoms with van der Waals surface area (Å²) in [6, 6.07) is 3.76. The monoisotopic (exact) mass is 457 g/mol. The van der Waals surface area contributed by atoms with E-state index < -0.39 is 5.97 Å². The van der Waals surface area contributed by atoms with Gasteiger partial charge in [0.25, 0.3) is 0 Å². The van der Waals surface area contributed by atoms with Gasteiger partial charge in [-0.05, 0) is 51.3 Å². The third-order valence-electron chi connectivity index (χ3n) is 5.51. The van der Waals surface area contributed by atoms with Crippen LogP contribution in [0.5, 0.6) is 0 Å². The van der Waals surface area contributed by atoms with E-state index in [1.165, 1.54) is 11.8 Å². The molecule has 0 saturated carbocycles. The van der Waals surface area contributed by atoms with Crippen molar-refractivity contribution in [1.29, 1.82) is 0 Å². The lowest BCUT2D eigenvalue weighted by atomic mass is 10.1. The van der Waals surface area contributed by atoms with E-state index in [0.29, 0.717) is 34.2 Å². The molecule has 0 atom stereocenters. The number of rotatable bonds is 9. The van der Waals surface area contributed by atoms with Crippen LogP contribution >= 0.6 is 11.8 Å². The van der Waals surface area contributed by atoms with Crippen molar-refractivity contribution in [1.82, 2.24) is 19.7 Å². The summed E-state index contributed by atoms with van der Waals surface area (Å²) in [6.45, 7) is 7.95. The average molecular weight is 458 g/mol. The van der Waals surface area contributed by atoms with E-state index in [0.717, 1.165) is 37.6 Å². The van der Waals surface area contributed by atoms with E-state index in [-0.39, 0.29) is 18.1 Å². The Balaban J connectivity index is 1.53. The summed E-state index contributed by atoms with van der Waals surface area (Å²) in [5.41, 5.74) is 2.10. The Labute approximate surface area is 190 Å². The summed E-state index contributed by atoms with van der Waals surface area (Å²) in [5.74, 6) is 1.23. The van der Waals surface area contributed by atoms with Gasteiger partial charge in [-0.25, -0.2) is 4.79 Å².